The van der Waals surface area contributed by atoms with Crippen LogP contribution >= 0.6 is 0 Å². The number of carbonyl (C=O) groups excluding carboxylic acids is 3. The first-order valence-electron chi connectivity index (χ1n) is 14.3. The molecule has 44 heavy (non-hydrogen) atoms. The van der Waals surface area contributed by atoms with Crippen LogP contribution in [-0.4, -0.2) is 50.9 Å². The summed E-state index contributed by atoms with van der Waals surface area (Å²) in [7, 11) is 4.60. The quantitative estimate of drug-likeness (QED) is 0.283. The third kappa shape index (κ3) is 3.80. The average molecular weight is 587 g/mol. The number of ether oxygens (including phenoxy) is 3. The summed E-state index contributed by atoms with van der Waals surface area (Å²) in [5, 5.41) is 3.04. The molecule has 0 aliphatic carbocycles. The number of nitrogens with zero attached hydrogens (tertiary/aromatic N) is 1. The topological polar surface area (TPSA) is 94.2 Å². The van der Waals surface area contributed by atoms with Gasteiger partial charge in [0.05, 0.1) is 33.3 Å². The van der Waals surface area contributed by atoms with Crippen LogP contribution in [0.3, 0.4) is 0 Å². The van der Waals surface area contributed by atoms with Crippen LogP contribution in [0.5, 0.6) is 17.2 Å². The van der Waals surface area contributed by atoms with Crippen molar-refractivity contribution in [3.63, 3.8) is 0 Å². The minimum Gasteiger partial charge on any atom is -0.497 e. The van der Waals surface area contributed by atoms with Gasteiger partial charge in [-0.05, 0) is 65.7 Å². The summed E-state index contributed by atoms with van der Waals surface area (Å²) in [5.74, 6) is -0.378. The van der Waals surface area contributed by atoms with Gasteiger partial charge in [-0.15, -0.1) is 0 Å². The number of benzene rings is 4. The Morgan fingerprint density at radius 3 is 2.23 bits per heavy atom. The van der Waals surface area contributed by atoms with Crippen LogP contribution in [0, 0.1) is 5.92 Å². The van der Waals surface area contributed by atoms with Gasteiger partial charge in [0.2, 0.25) is 5.91 Å². The molecular weight excluding hydrogens is 556 g/mol. The molecule has 8 heteroatoms. The number of para-hydroxylation sites is 2. The van der Waals surface area contributed by atoms with E-state index >= 15 is 4.79 Å². The molecule has 220 valence electrons. The molecule has 4 atom stereocenters. The van der Waals surface area contributed by atoms with E-state index < -0.39 is 23.4 Å². The zero-order valence-electron chi connectivity index (χ0n) is 24.4. The Morgan fingerprint density at radius 2 is 1.48 bits per heavy atom. The molecule has 3 heterocycles. The van der Waals surface area contributed by atoms with Crippen LogP contribution in [0.25, 0.3) is 6.08 Å². The lowest BCUT2D eigenvalue weighted by atomic mass is 9.63. The first-order valence-corrected chi connectivity index (χ1v) is 14.3. The third-order valence-electron chi connectivity index (χ3n) is 9.12. The number of hydrogen-bond donors (Lipinski definition) is 1. The smallest absolute Gasteiger partial charge is 0.238 e. The minimum atomic E-state index is -1.55. The predicted octanol–water partition coefficient (Wildman–Crippen LogP) is 5.57. The van der Waals surface area contributed by atoms with E-state index in [1.54, 1.807) is 49.6 Å². The molecule has 3 aliphatic rings. The van der Waals surface area contributed by atoms with E-state index in [9.17, 15) is 9.59 Å². The van der Waals surface area contributed by atoms with Crippen LogP contribution in [-0.2, 0) is 10.2 Å². The highest BCUT2D eigenvalue weighted by Gasteiger charge is 2.71. The number of hydrogen-bond acceptors (Lipinski definition) is 7. The molecule has 0 unspecified atom stereocenters. The number of carbonyl (C=O) groups is 3. The molecule has 7 rings (SSSR count). The summed E-state index contributed by atoms with van der Waals surface area (Å²) in [6, 6.07) is 25.3. The van der Waals surface area contributed by atoms with Gasteiger partial charge < -0.3 is 24.4 Å². The molecule has 3 aliphatic heterocycles. The molecule has 0 saturated carbocycles. The van der Waals surface area contributed by atoms with Gasteiger partial charge in [0.25, 0.3) is 0 Å². The van der Waals surface area contributed by atoms with Gasteiger partial charge >= 0.3 is 0 Å². The summed E-state index contributed by atoms with van der Waals surface area (Å²) < 4.78 is 16.3. The summed E-state index contributed by atoms with van der Waals surface area (Å²) in [4.78, 5) is 46.4. The number of amides is 1. The number of Topliss-reactive ketones (excluding diaryl/α,β-unsaturated/α-hetero) is 2. The van der Waals surface area contributed by atoms with Crippen molar-refractivity contribution in [1.29, 1.82) is 0 Å². The summed E-state index contributed by atoms with van der Waals surface area (Å²) in [5.41, 5.74) is 2.10. The van der Waals surface area contributed by atoms with Gasteiger partial charge in [-0.1, -0.05) is 48.6 Å². The zero-order valence-corrected chi connectivity index (χ0v) is 24.4. The average Bonchev–Trinajstić information content (AvgIpc) is 3.55. The van der Waals surface area contributed by atoms with E-state index in [1.807, 2.05) is 65.6 Å². The maximum Gasteiger partial charge on any atom is 0.238 e. The summed E-state index contributed by atoms with van der Waals surface area (Å²) in [6.45, 7) is 0. The van der Waals surface area contributed by atoms with Crippen molar-refractivity contribution in [3.8, 4) is 17.2 Å². The number of methoxy groups -OCH3 is 3. The minimum absolute atomic E-state index is 0.235. The Bertz CT molecular complexity index is 1850. The zero-order chi connectivity index (χ0) is 30.6. The number of anilines is 2. The Morgan fingerprint density at radius 1 is 0.773 bits per heavy atom. The van der Waals surface area contributed by atoms with E-state index in [0.717, 1.165) is 11.3 Å². The molecular formula is C36H30N2O6. The molecule has 1 fully saturated rings. The molecule has 1 amide bonds. The highest BCUT2D eigenvalue weighted by Crippen LogP contribution is 2.58. The number of ketones is 2. The standard InChI is InChI=1S/C36H30N2O6/c1-42-24-16-12-22(13-17-24)32(39)31-28-18-14-21-8-4-7-11-27(21)38(28)34(33(40)23-15-19-29(43-2)30(20-23)44-3)36(31)25-9-5-6-10-26(25)37-35(36)41/h4-20,28,31,34H,1-3H3,(H,37,41)/t28-,31-,34+,36+/m1/s1. The van der Waals surface area contributed by atoms with Gasteiger partial charge in [0.15, 0.2) is 23.1 Å². The fraction of sp³-hybridized carbons (Fsp3) is 0.194. The summed E-state index contributed by atoms with van der Waals surface area (Å²) >= 11 is 0. The summed E-state index contributed by atoms with van der Waals surface area (Å²) in [6.07, 6.45) is 3.92. The van der Waals surface area contributed by atoms with Gasteiger partial charge in [-0.25, -0.2) is 0 Å². The molecule has 1 saturated heterocycles. The molecule has 1 N–H and O–H groups in total. The van der Waals surface area contributed by atoms with Gasteiger partial charge in [-0.3, -0.25) is 14.4 Å². The van der Waals surface area contributed by atoms with Crippen molar-refractivity contribution in [2.45, 2.75) is 17.5 Å². The van der Waals surface area contributed by atoms with E-state index in [-0.39, 0.29) is 17.5 Å². The van der Waals surface area contributed by atoms with Crippen molar-refractivity contribution < 1.29 is 28.6 Å². The first kappa shape index (κ1) is 27.5. The Labute approximate surface area is 254 Å². The highest BCUT2D eigenvalue weighted by molar-refractivity contribution is 6.20. The lowest BCUT2D eigenvalue weighted by Crippen LogP contribution is -2.55. The Balaban J connectivity index is 1.51. The van der Waals surface area contributed by atoms with Crippen LogP contribution < -0.4 is 24.4 Å². The normalized spacial score (nSPS) is 22.6. The second-order valence-electron chi connectivity index (χ2n) is 11.1. The van der Waals surface area contributed by atoms with Crippen molar-refractivity contribution in [1.82, 2.24) is 0 Å². The molecule has 0 aromatic heterocycles. The molecule has 8 nitrogen and oxygen atoms in total. The van der Waals surface area contributed by atoms with E-state index in [0.29, 0.717) is 39.6 Å². The second-order valence-corrected chi connectivity index (χ2v) is 11.1. The van der Waals surface area contributed by atoms with E-state index in [4.69, 9.17) is 14.2 Å². The number of nitrogens with one attached hydrogen (secondary N) is 1. The lowest BCUT2D eigenvalue weighted by molar-refractivity contribution is -0.121. The van der Waals surface area contributed by atoms with Crippen LogP contribution in [0.4, 0.5) is 11.4 Å². The number of rotatable bonds is 7. The van der Waals surface area contributed by atoms with Crippen LogP contribution in [0.2, 0.25) is 0 Å². The maximum absolute atomic E-state index is 15.0. The Hall–Kier alpha value is -5.37. The predicted molar refractivity (Wildman–Crippen MR) is 167 cm³/mol. The van der Waals surface area contributed by atoms with Crippen molar-refractivity contribution in [3.05, 3.63) is 119 Å². The van der Waals surface area contributed by atoms with Crippen LogP contribution in [0.1, 0.15) is 31.8 Å². The van der Waals surface area contributed by atoms with Crippen molar-refractivity contribution in [2.75, 3.05) is 31.5 Å². The maximum atomic E-state index is 15.0. The Kier molecular flexibility index (Phi) is 6.50. The molecule has 4 aromatic carbocycles. The van der Waals surface area contributed by atoms with Crippen molar-refractivity contribution >= 4 is 34.9 Å². The van der Waals surface area contributed by atoms with Crippen molar-refractivity contribution in [2.24, 2.45) is 5.92 Å². The van der Waals surface area contributed by atoms with E-state index in [2.05, 4.69) is 5.32 Å². The fourth-order valence-electron chi connectivity index (χ4n) is 7.22. The number of fused-ring (bicyclic) bond motifs is 5. The molecule has 4 aromatic rings. The SMILES string of the molecule is COc1ccc(C(=O)[C@H]2[C@H]3C=Cc4ccccc4N3[C@@H](C(=O)c3ccc(OC)c(OC)c3)[C@@]23C(=O)Nc2ccccc23)cc1. The van der Waals surface area contributed by atoms with Gasteiger partial charge in [-0.2, -0.15) is 0 Å². The molecule has 0 radical (unpaired) electrons. The second kappa shape index (κ2) is 10.4. The largest absolute Gasteiger partial charge is 0.497 e. The first-order chi connectivity index (χ1) is 21.4. The molecule has 1 spiro atoms. The van der Waals surface area contributed by atoms with E-state index in [1.165, 1.54) is 14.2 Å². The fourth-order valence-corrected chi connectivity index (χ4v) is 7.22. The highest BCUT2D eigenvalue weighted by atomic mass is 16.5. The van der Waals surface area contributed by atoms with Crippen LogP contribution in [0.15, 0.2) is 97.1 Å². The van der Waals surface area contributed by atoms with Gasteiger partial charge in [0, 0.05) is 22.5 Å². The monoisotopic (exact) mass is 586 g/mol. The van der Waals surface area contributed by atoms with Gasteiger partial charge in [0.1, 0.15) is 17.2 Å². The lowest BCUT2D eigenvalue weighted by Gasteiger charge is -2.37. The third-order valence-corrected chi connectivity index (χ3v) is 9.12. The molecule has 0 bridgehead atoms.